The fourth-order valence-corrected chi connectivity index (χ4v) is 7.08. The van der Waals surface area contributed by atoms with E-state index in [4.69, 9.17) is 0 Å². The molecule has 25 heavy (non-hydrogen) atoms. The molecule has 0 saturated carbocycles. The summed E-state index contributed by atoms with van der Waals surface area (Å²) >= 11 is 0. The van der Waals surface area contributed by atoms with Crippen LogP contribution in [0.4, 0.5) is 0 Å². The van der Waals surface area contributed by atoms with Crippen LogP contribution in [0.2, 0.25) is 0 Å². The molecule has 0 spiro atoms. The summed E-state index contributed by atoms with van der Waals surface area (Å²) in [6, 6.07) is 6.24. The molecule has 0 aromatic carbocycles. The van der Waals surface area contributed by atoms with E-state index in [1.54, 1.807) is 0 Å². The summed E-state index contributed by atoms with van der Waals surface area (Å²) in [6.45, 7) is 14.2. The van der Waals surface area contributed by atoms with E-state index in [0.29, 0.717) is 10.3 Å². The van der Waals surface area contributed by atoms with Gasteiger partial charge in [0.2, 0.25) is 0 Å². The van der Waals surface area contributed by atoms with Gasteiger partial charge in [0.25, 0.3) is 0 Å². The van der Waals surface area contributed by atoms with Crippen molar-refractivity contribution in [2.24, 2.45) is 0 Å². The van der Waals surface area contributed by atoms with Crippen LogP contribution in [0, 0.1) is 0 Å². The molecule has 0 bridgehead atoms. The van der Waals surface area contributed by atoms with Crippen LogP contribution in [0.3, 0.4) is 0 Å². The predicted molar refractivity (Wildman–Crippen MR) is 113 cm³/mol. The first-order chi connectivity index (χ1) is 11.2. The smallest absolute Gasteiger partial charge is 0.1000 e. The molecule has 1 heterocycles. The maximum Gasteiger partial charge on any atom is 0.1000 e. The van der Waals surface area contributed by atoms with Gasteiger partial charge in [-0.25, -0.2) is 0 Å². The molecule has 0 N–H and O–H groups in total. The molecule has 0 radical (unpaired) electrons. The van der Waals surface area contributed by atoms with Gasteiger partial charge in [-0.2, -0.15) is 0 Å². The third kappa shape index (κ3) is 11.0. The molecule has 1 aromatic rings. The number of allylic oxidation sites excluding steroid dienone is 4. The molecule has 1 aliphatic carbocycles. The Bertz CT molecular complexity index is 469. The monoisotopic (exact) mass is 404 g/mol. The molecular weight excluding hydrogens is 368 g/mol. The third-order valence-corrected chi connectivity index (χ3v) is 8.57. The Morgan fingerprint density at radius 1 is 0.800 bits per heavy atom. The molecular formula is C22H37NNiP+. The fourth-order valence-electron chi connectivity index (χ4n) is 3.20. The first kappa shape index (κ1) is 24.6. The molecule has 144 valence electrons. The van der Waals surface area contributed by atoms with Crippen molar-refractivity contribution < 1.29 is 16.5 Å². The van der Waals surface area contributed by atoms with Gasteiger partial charge in [-0.15, -0.1) is 0 Å². The second-order valence-corrected chi connectivity index (χ2v) is 12.9. The molecule has 2 rings (SSSR count). The largest absolute Gasteiger partial charge is 0.257 e. The van der Waals surface area contributed by atoms with Gasteiger partial charge in [0.05, 0.1) is 22.2 Å². The minimum absolute atomic E-state index is 0. The van der Waals surface area contributed by atoms with Gasteiger partial charge in [0, 0.05) is 30.6 Å². The van der Waals surface area contributed by atoms with Gasteiger partial charge < -0.3 is 0 Å². The fraction of sp³-hybridized carbons (Fsp3) is 0.591. The summed E-state index contributed by atoms with van der Waals surface area (Å²) in [7, 11) is -0.491. The van der Waals surface area contributed by atoms with Crippen LogP contribution in [0.5, 0.6) is 0 Å². The number of nitrogens with zero attached hydrogens (tertiary/aromatic N) is 1. The van der Waals surface area contributed by atoms with Crippen LogP contribution in [-0.4, -0.2) is 15.3 Å². The summed E-state index contributed by atoms with van der Waals surface area (Å²) in [5.41, 5.74) is 1.25. The number of hydrogen-bond donors (Lipinski definition) is 0. The van der Waals surface area contributed by atoms with E-state index in [1.165, 1.54) is 37.5 Å². The average Bonchev–Trinajstić information content (AvgIpc) is 2.43. The van der Waals surface area contributed by atoms with Crippen molar-refractivity contribution in [3.8, 4) is 0 Å². The number of aromatic nitrogens is 1. The van der Waals surface area contributed by atoms with Crippen molar-refractivity contribution in [2.45, 2.75) is 83.7 Å². The first-order valence-electron chi connectivity index (χ1n) is 9.28. The van der Waals surface area contributed by atoms with Crippen molar-refractivity contribution in [3.63, 3.8) is 0 Å². The second-order valence-electron chi connectivity index (χ2n) is 8.57. The van der Waals surface area contributed by atoms with Crippen molar-refractivity contribution in [3.05, 3.63) is 54.4 Å². The van der Waals surface area contributed by atoms with Crippen LogP contribution in [0.25, 0.3) is 0 Å². The summed E-state index contributed by atoms with van der Waals surface area (Å²) in [4.78, 5) is 4.47. The van der Waals surface area contributed by atoms with Crippen LogP contribution in [0.15, 0.2) is 48.7 Å². The predicted octanol–water partition coefficient (Wildman–Crippen LogP) is 7.06. The zero-order valence-corrected chi connectivity index (χ0v) is 18.9. The number of pyridine rings is 1. The molecule has 0 atom stereocenters. The number of rotatable bonds is 2. The van der Waals surface area contributed by atoms with Gasteiger partial charge >= 0.3 is 0 Å². The Labute approximate surface area is 167 Å². The Morgan fingerprint density at radius 3 is 1.56 bits per heavy atom. The maximum atomic E-state index is 4.47. The van der Waals surface area contributed by atoms with Gasteiger partial charge in [0.1, 0.15) is 0 Å². The molecule has 1 aliphatic rings. The SMILES string of the molecule is C1=C\CC/C=C\CC/1.CC(C)(C)[PH+](Cc1ccccn1)C(C)(C)C.[Ni]. The molecule has 0 unspecified atom stereocenters. The van der Waals surface area contributed by atoms with Gasteiger partial charge in [-0.3, -0.25) is 4.98 Å². The second kappa shape index (κ2) is 12.0. The minimum atomic E-state index is -0.491. The molecule has 1 nitrogen and oxygen atoms in total. The van der Waals surface area contributed by atoms with Gasteiger partial charge in [-0.05, 0) is 79.4 Å². The minimum Gasteiger partial charge on any atom is -0.257 e. The van der Waals surface area contributed by atoms with Gasteiger partial charge in [-0.1, -0.05) is 30.4 Å². The zero-order valence-electron chi connectivity index (χ0n) is 16.9. The standard InChI is InChI=1S/C14H24NP.C8H12.Ni/c1-13(2,3)16(14(4,5)6)11-12-9-7-8-10-15-12;1-2-4-6-8-7-5-3-1;/h7-10H,11H2,1-6H3;1-2,7-8H,3-6H2;/p+1/b;2-1-,8-7-;. The van der Waals surface area contributed by atoms with E-state index in [0.717, 1.165) is 0 Å². The van der Waals surface area contributed by atoms with Crippen LogP contribution in [0.1, 0.15) is 72.9 Å². The molecule has 0 saturated heterocycles. The van der Waals surface area contributed by atoms with E-state index < -0.39 is 7.92 Å². The summed E-state index contributed by atoms with van der Waals surface area (Å²) in [6.07, 6.45) is 17.1. The number of hydrogen-bond acceptors (Lipinski definition) is 1. The van der Waals surface area contributed by atoms with Crippen LogP contribution < -0.4 is 0 Å². The average molecular weight is 405 g/mol. The molecule has 0 aliphatic heterocycles. The summed E-state index contributed by atoms with van der Waals surface area (Å²) < 4.78 is 0. The van der Waals surface area contributed by atoms with E-state index in [2.05, 4.69) is 83.0 Å². The van der Waals surface area contributed by atoms with Crippen molar-refractivity contribution in [2.75, 3.05) is 0 Å². The molecule has 0 fully saturated rings. The topological polar surface area (TPSA) is 12.9 Å². The van der Waals surface area contributed by atoms with E-state index >= 15 is 0 Å². The molecule has 1 aromatic heterocycles. The molecule has 3 heteroatoms. The van der Waals surface area contributed by atoms with Crippen molar-refractivity contribution >= 4 is 7.92 Å². The van der Waals surface area contributed by atoms with Crippen molar-refractivity contribution in [1.29, 1.82) is 0 Å². The van der Waals surface area contributed by atoms with Gasteiger partial charge in [0.15, 0.2) is 0 Å². The van der Waals surface area contributed by atoms with Crippen LogP contribution in [-0.2, 0) is 22.7 Å². The Balaban J connectivity index is 0.000000540. The maximum absolute atomic E-state index is 4.47. The van der Waals surface area contributed by atoms with E-state index in [-0.39, 0.29) is 16.5 Å². The molecule has 0 amide bonds. The Hall–Kier alpha value is -0.446. The normalized spacial score (nSPS) is 17.4. The Kier molecular flexibility index (Phi) is 11.8. The first-order valence-corrected chi connectivity index (χ1v) is 11.0. The quantitative estimate of drug-likeness (QED) is 0.292. The summed E-state index contributed by atoms with van der Waals surface area (Å²) in [5, 5.41) is 0.834. The van der Waals surface area contributed by atoms with Crippen molar-refractivity contribution in [1.82, 2.24) is 4.98 Å². The van der Waals surface area contributed by atoms with E-state index in [1.807, 2.05) is 12.3 Å². The summed E-state index contributed by atoms with van der Waals surface area (Å²) in [5.74, 6) is 0. The Morgan fingerprint density at radius 2 is 1.24 bits per heavy atom. The zero-order chi connectivity index (χ0) is 18.1. The van der Waals surface area contributed by atoms with Crippen LogP contribution >= 0.6 is 7.92 Å². The third-order valence-electron chi connectivity index (χ3n) is 4.23. The van der Waals surface area contributed by atoms with E-state index in [9.17, 15) is 0 Å².